The van der Waals surface area contributed by atoms with Crippen molar-refractivity contribution in [3.63, 3.8) is 0 Å². The number of carbonyl (C=O) groups excluding carboxylic acids is 1. The van der Waals surface area contributed by atoms with Crippen molar-refractivity contribution in [3.8, 4) is 0 Å². The van der Waals surface area contributed by atoms with E-state index < -0.39 is 0 Å². The van der Waals surface area contributed by atoms with Gasteiger partial charge < -0.3 is 20.1 Å². The van der Waals surface area contributed by atoms with E-state index in [4.69, 9.17) is 12.2 Å². The lowest BCUT2D eigenvalue weighted by Crippen LogP contribution is -2.29. The van der Waals surface area contributed by atoms with Gasteiger partial charge in [-0.05, 0) is 73.1 Å². The number of pyridine rings is 1. The number of rotatable bonds is 5. The summed E-state index contributed by atoms with van der Waals surface area (Å²) in [6, 6.07) is 16.6. The molecular formula is C26H29N5OS. The molecule has 2 N–H and O–H groups in total. The van der Waals surface area contributed by atoms with Crippen molar-refractivity contribution >= 4 is 34.6 Å². The molecule has 1 aliphatic carbocycles. The van der Waals surface area contributed by atoms with Gasteiger partial charge >= 0.3 is 0 Å². The van der Waals surface area contributed by atoms with Crippen LogP contribution in [0.1, 0.15) is 68.4 Å². The van der Waals surface area contributed by atoms with Gasteiger partial charge in [0.05, 0.1) is 17.8 Å². The van der Waals surface area contributed by atoms with Crippen molar-refractivity contribution in [1.29, 1.82) is 0 Å². The van der Waals surface area contributed by atoms with Gasteiger partial charge in [0.25, 0.3) is 0 Å². The maximum atomic E-state index is 11.4. The summed E-state index contributed by atoms with van der Waals surface area (Å²) in [5, 5.41) is 7.02. The Labute approximate surface area is 200 Å². The molecule has 2 fully saturated rings. The molecule has 1 saturated heterocycles. The first kappa shape index (κ1) is 21.6. The summed E-state index contributed by atoms with van der Waals surface area (Å²) < 4.78 is 2.39. The molecule has 1 aliphatic heterocycles. The Bertz CT molecular complexity index is 1120. The molecule has 33 heavy (non-hydrogen) atoms. The van der Waals surface area contributed by atoms with Gasteiger partial charge in [0.2, 0.25) is 5.91 Å². The smallest absolute Gasteiger partial charge is 0.221 e. The van der Waals surface area contributed by atoms with Crippen LogP contribution in [-0.4, -0.2) is 20.6 Å². The van der Waals surface area contributed by atoms with Crippen LogP contribution in [0.4, 0.5) is 11.4 Å². The predicted molar refractivity (Wildman–Crippen MR) is 135 cm³/mol. The van der Waals surface area contributed by atoms with E-state index in [0.717, 1.165) is 17.1 Å². The Morgan fingerprint density at radius 2 is 1.88 bits per heavy atom. The Hall–Kier alpha value is -3.19. The van der Waals surface area contributed by atoms with Gasteiger partial charge in [-0.2, -0.15) is 0 Å². The minimum atomic E-state index is -0.0849. The van der Waals surface area contributed by atoms with E-state index >= 15 is 0 Å². The lowest BCUT2D eigenvalue weighted by atomic mass is 9.95. The van der Waals surface area contributed by atoms with Gasteiger partial charge in [-0.25, -0.2) is 0 Å². The van der Waals surface area contributed by atoms with E-state index in [1.807, 2.05) is 42.6 Å². The fourth-order valence-electron chi connectivity index (χ4n) is 5.09. The molecular weight excluding hydrogens is 430 g/mol. The van der Waals surface area contributed by atoms with Crippen LogP contribution in [0.3, 0.4) is 0 Å². The van der Waals surface area contributed by atoms with E-state index in [-0.39, 0.29) is 18.0 Å². The number of benzene rings is 1. The summed E-state index contributed by atoms with van der Waals surface area (Å²) in [7, 11) is 0. The van der Waals surface area contributed by atoms with Crippen LogP contribution in [0, 0.1) is 0 Å². The number of carbonyl (C=O) groups is 1. The maximum Gasteiger partial charge on any atom is 0.221 e. The van der Waals surface area contributed by atoms with Crippen LogP contribution in [0.2, 0.25) is 0 Å². The monoisotopic (exact) mass is 459 g/mol. The average Bonchev–Trinajstić information content (AvgIpc) is 3.45. The third-order valence-corrected chi connectivity index (χ3v) is 6.95. The van der Waals surface area contributed by atoms with Gasteiger partial charge in [-0.15, -0.1) is 0 Å². The normalized spacial score (nSPS) is 21.1. The zero-order chi connectivity index (χ0) is 22.8. The number of anilines is 2. The van der Waals surface area contributed by atoms with E-state index in [1.54, 1.807) is 0 Å². The van der Waals surface area contributed by atoms with Crippen LogP contribution in [-0.2, 0) is 4.79 Å². The molecule has 0 unspecified atom stereocenters. The first-order valence-corrected chi connectivity index (χ1v) is 12.1. The summed E-state index contributed by atoms with van der Waals surface area (Å²) in [5.74, 6) is -0.0849. The summed E-state index contributed by atoms with van der Waals surface area (Å²) >= 11 is 5.82. The summed E-state index contributed by atoms with van der Waals surface area (Å²) in [5.41, 5.74) is 3.93. The molecule has 3 heterocycles. The number of thiocarbonyl (C=S) groups is 1. The van der Waals surface area contributed by atoms with Gasteiger partial charge in [0, 0.05) is 42.9 Å². The van der Waals surface area contributed by atoms with Crippen LogP contribution < -0.4 is 15.5 Å². The number of hydrogen-bond acceptors (Lipinski definition) is 3. The van der Waals surface area contributed by atoms with Gasteiger partial charge in [-0.1, -0.05) is 25.3 Å². The van der Waals surface area contributed by atoms with Crippen molar-refractivity contribution < 1.29 is 4.79 Å². The van der Waals surface area contributed by atoms with Crippen LogP contribution in [0.5, 0.6) is 0 Å². The molecule has 2 atom stereocenters. The molecule has 6 nitrogen and oxygen atoms in total. The highest BCUT2D eigenvalue weighted by Gasteiger charge is 2.41. The molecule has 2 aliphatic rings. The summed E-state index contributed by atoms with van der Waals surface area (Å²) in [6.07, 6.45) is 12.8. The SMILES string of the molecule is CC(=O)Nc1ccc(N2C(=S)N[C@H](c3ccccn3)[C@H]2c2ccn(C3CCCCC3)c2)cc1. The Morgan fingerprint density at radius 3 is 2.58 bits per heavy atom. The molecule has 3 aromatic rings. The fourth-order valence-corrected chi connectivity index (χ4v) is 5.44. The molecule has 1 saturated carbocycles. The van der Waals surface area contributed by atoms with Crippen molar-refractivity contribution in [3.05, 3.63) is 78.4 Å². The predicted octanol–water partition coefficient (Wildman–Crippen LogP) is 5.52. The third-order valence-electron chi connectivity index (χ3n) is 6.64. The minimum absolute atomic E-state index is 0.0242. The number of nitrogens with zero attached hydrogens (tertiary/aromatic N) is 3. The molecule has 2 aromatic heterocycles. The number of amides is 1. The van der Waals surface area contributed by atoms with Crippen molar-refractivity contribution in [1.82, 2.24) is 14.9 Å². The topological polar surface area (TPSA) is 62.2 Å². The number of nitrogens with one attached hydrogen (secondary N) is 2. The molecule has 5 rings (SSSR count). The largest absolute Gasteiger partial charge is 0.351 e. The number of aromatic nitrogens is 2. The summed E-state index contributed by atoms with van der Waals surface area (Å²) in [6.45, 7) is 1.51. The summed E-state index contributed by atoms with van der Waals surface area (Å²) in [4.78, 5) is 18.2. The first-order chi connectivity index (χ1) is 16.1. The van der Waals surface area contributed by atoms with Gasteiger partial charge in [0.15, 0.2) is 5.11 Å². The lowest BCUT2D eigenvalue weighted by molar-refractivity contribution is -0.114. The van der Waals surface area contributed by atoms with Crippen LogP contribution in [0.25, 0.3) is 0 Å². The highest BCUT2D eigenvalue weighted by atomic mass is 32.1. The van der Waals surface area contributed by atoms with E-state index in [9.17, 15) is 4.79 Å². The molecule has 1 amide bonds. The fraction of sp³-hybridized carbons (Fsp3) is 0.346. The molecule has 0 radical (unpaired) electrons. The highest BCUT2D eigenvalue weighted by molar-refractivity contribution is 7.80. The lowest BCUT2D eigenvalue weighted by Gasteiger charge is -2.28. The standard InChI is InChI=1S/C26H29N5OS/c1-18(32)28-20-10-12-22(13-11-20)31-25(24(29-26(31)33)23-9-5-6-15-27-23)19-14-16-30(17-19)21-7-3-2-4-8-21/h5-6,9-17,21,24-25H,2-4,7-8H2,1H3,(H,28,32)(H,29,33)/t24-,25-/m1/s1. The Morgan fingerprint density at radius 1 is 1.09 bits per heavy atom. The Balaban J connectivity index is 1.51. The second-order valence-corrected chi connectivity index (χ2v) is 9.30. The van der Waals surface area contributed by atoms with E-state index in [2.05, 4.69) is 49.6 Å². The van der Waals surface area contributed by atoms with Crippen molar-refractivity contribution in [2.75, 3.05) is 10.2 Å². The zero-order valence-corrected chi connectivity index (χ0v) is 19.6. The highest BCUT2D eigenvalue weighted by Crippen LogP contribution is 2.42. The Kier molecular flexibility index (Phi) is 6.13. The minimum Gasteiger partial charge on any atom is -0.351 e. The van der Waals surface area contributed by atoms with Crippen molar-refractivity contribution in [2.45, 2.75) is 57.2 Å². The first-order valence-electron chi connectivity index (χ1n) is 11.7. The molecule has 0 spiro atoms. The van der Waals surface area contributed by atoms with Gasteiger partial charge in [-0.3, -0.25) is 9.78 Å². The third kappa shape index (κ3) is 4.50. The maximum absolute atomic E-state index is 11.4. The average molecular weight is 460 g/mol. The molecule has 1 aromatic carbocycles. The van der Waals surface area contributed by atoms with Gasteiger partial charge in [0.1, 0.15) is 0 Å². The van der Waals surface area contributed by atoms with E-state index in [1.165, 1.54) is 44.6 Å². The quantitative estimate of drug-likeness (QED) is 0.492. The van der Waals surface area contributed by atoms with Crippen LogP contribution in [0.15, 0.2) is 67.1 Å². The molecule has 170 valence electrons. The number of hydrogen-bond donors (Lipinski definition) is 2. The molecule has 0 bridgehead atoms. The van der Waals surface area contributed by atoms with Crippen molar-refractivity contribution in [2.24, 2.45) is 0 Å². The zero-order valence-electron chi connectivity index (χ0n) is 18.8. The second kappa shape index (κ2) is 9.35. The van der Waals surface area contributed by atoms with E-state index in [0.29, 0.717) is 11.2 Å². The van der Waals surface area contributed by atoms with Crippen LogP contribution >= 0.6 is 12.2 Å². The second-order valence-electron chi connectivity index (χ2n) is 8.91. The molecule has 7 heteroatoms.